The summed E-state index contributed by atoms with van der Waals surface area (Å²) >= 11 is 1.51. The van der Waals surface area contributed by atoms with Gasteiger partial charge in [0.25, 0.3) is 5.91 Å². The average Bonchev–Trinajstić information content (AvgIpc) is 3.06. The van der Waals surface area contributed by atoms with Crippen molar-refractivity contribution in [1.82, 2.24) is 10.3 Å². The first-order chi connectivity index (χ1) is 9.19. The largest absolute Gasteiger partial charge is 0.350 e. The summed E-state index contributed by atoms with van der Waals surface area (Å²) in [4.78, 5) is 16.4. The molecular formula is C14H23N3OS. The lowest BCUT2D eigenvalue weighted by Crippen LogP contribution is -2.35. The van der Waals surface area contributed by atoms with Crippen LogP contribution in [-0.4, -0.2) is 24.0 Å². The number of thiazole rings is 1. The van der Waals surface area contributed by atoms with Crippen LogP contribution in [0.2, 0.25) is 0 Å². The van der Waals surface area contributed by atoms with E-state index in [1.54, 1.807) is 0 Å². The number of aromatic nitrogens is 1. The Hall–Kier alpha value is -0.940. The van der Waals surface area contributed by atoms with Gasteiger partial charge >= 0.3 is 0 Å². The van der Waals surface area contributed by atoms with Gasteiger partial charge in [-0.15, -0.1) is 11.3 Å². The van der Waals surface area contributed by atoms with Gasteiger partial charge in [-0.25, -0.2) is 4.98 Å². The Morgan fingerprint density at radius 3 is 2.89 bits per heavy atom. The molecule has 1 amide bonds. The first-order valence-corrected chi connectivity index (χ1v) is 8.00. The number of carbonyl (C=O) groups excluding carboxylic acids is 1. The zero-order valence-corrected chi connectivity index (χ0v) is 12.4. The Labute approximate surface area is 118 Å². The normalized spacial score (nSPS) is 17.6. The number of nitrogens with zero attached hydrogens (tertiary/aromatic N) is 1. The number of amides is 1. The van der Waals surface area contributed by atoms with Crippen LogP contribution < -0.4 is 11.1 Å². The van der Waals surface area contributed by atoms with Crippen molar-refractivity contribution < 1.29 is 4.79 Å². The molecule has 1 heterocycles. The SMILES string of the molecule is CCC1(CNC(=O)c2csc(CCN)n2)CCCC1. The van der Waals surface area contributed by atoms with Gasteiger partial charge in [0.05, 0.1) is 5.01 Å². The molecule has 3 N–H and O–H groups in total. The molecule has 0 unspecified atom stereocenters. The molecule has 0 atom stereocenters. The van der Waals surface area contributed by atoms with Crippen molar-refractivity contribution in [3.05, 3.63) is 16.1 Å². The van der Waals surface area contributed by atoms with E-state index in [1.165, 1.54) is 37.0 Å². The van der Waals surface area contributed by atoms with Crippen molar-refractivity contribution in [2.75, 3.05) is 13.1 Å². The summed E-state index contributed by atoms with van der Waals surface area (Å²) in [5, 5.41) is 5.83. The first kappa shape index (κ1) is 14.5. The van der Waals surface area contributed by atoms with E-state index in [1.807, 2.05) is 5.38 Å². The third-order valence-corrected chi connectivity index (χ3v) is 5.09. The van der Waals surface area contributed by atoms with Gasteiger partial charge in [0.15, 0.2) is 0 Å². The molecule has 1 saturated carbocycles. The number of hydrogen-bond donors (Lipinski definition) is 2. The highest BCUT2D eigenvalue weighted by molar-refractivity contribution is 7.09. The van der Waals surface area contributed by atoms with E-state index in [-0.39, 0.29) is 5.91 Å². The molecule has 0 saturated heterocycles. The Bertz CT molecular complexity index is 424. The highest BCUT2D eigenvalue weighted by Crippen LogP contribution is 2.40. The van der Waals surface area contributed by atoms with E-state index in [2.05, 4.69) is 17.2 Å². The van der Waals surface area contributed by atoms with Gasteiger partial charge < -0.3 is 11.1 Å². The smallest absolute Gasteiger partial charge is 0.270 e. The van der Waals surface area contributed by atoms with Crippen LogP contribution in [0.5, 0.6) is 0 Å². The molecule has 1 fully saturated rings. The molecule has 1 aliphatic rings. The zero-order valence-electron chi connectivity index (χ0n) is 11.6. The molecule has 0 bridgehead atoms. The Kier molecular flexibility index (Phi) is 4.93. The van der Waals surface area contributed by atoms with E-state index < -0.39 is 0 Å². The lowest BCUT2D eigenvalue weighted by atomic mass is 9.83. The predicted octanol–water partition coefficient (Wildman–Crippen LogP) is 2.34. The second-order valence-corrected chi connectivity index (χ2v) is 6.35. The molecule has 0 aliphatic heterocycles. The molecule has 4 nitrogen and oxygen atoms in total. The predicted molar refractivity (Wildman–Crippen MR) is 78.4 cm³/mol. The maximum atomic E-state index is 12.1. The summed E-state index contributed by atoms with van der Waals surface area (Å²) in [7, 11) is 0. The number of nitrogens with one attached hydrogen (secondary N) is 1. The molecule has 2 rings (SSSR count). The fraction of sp³-hybridized carbons (Fsp3) is 0.714. The molecule has 0 radical (unpaired) electrons. The summed E-state index contributed by atoms with van der Waals surface area (Å²) in [5.41, 5.74) is 6.35. The van der Waals surface area contributed by atoms with Crippen molar-refractivity contribution in [3.63, 3.8) is 0 Å². The summed E-state index contributed by atoms with van der Waals surface area (Å²) in [6.45, 7) is 3.58. The zero-order chi connectivity index (χ0) is 13.7. The minimum absolute atomic E-state index is 0.0424. The average molecular weight is 281 g/mol. The Balaban J connectivity index is 1.89. The Morgan fingerprint density at radius 2 is 2.26 bits per heavy atom. The van der Waals surface area contributed by atoms with Gasteiger partial charge in [-0.3, -0.25) is 4.79 Å². The van der Waals surface area contributed by atoms with Crippen molar-refractivity contribution >= 4 is 17.2 Å². The third kappa shape index (κ3) is 3.54. The van der Waals surface area contributed by atoms with Crippen LogP contribution in [0, 0.1) is 5.41 Å². The molecule has 0 spiro atoms. The van der Waals surface area contributed by atoms with Gasteiger partial charge in [0.1, 0.15) is 5.69 Å². The molecule has 0 aromatic carbocycles. The van der Waals surface area contributed by atoms with E-state index in [0.717, 1.165) is 24.4 Å². The van der Waals surface area contributed by atoms with Crippen molar-refractivity contribution in [2.24, 2.45) is 11.1 Å². The fourth-order valence-electron chi connectivity index (χ4n) is 2.79. The van der Waals surface area contributed by atoms with E-state index in [4.69, 9.17) is 5.73 Å². The summed E-state index contributed by atoms with van der Waals surface area (Å²) in [6.07, 6.45) is 6.94. The molecule has 1 aromatic heterocycles. The number of rotatable bonds is 6. The quantitative estimate of drug-likeness (QED) is 0.841. The third-order valence-electron chi connectivity index (χ3n) is 4.18. The minimum atomic E-state index is -0.0424. The van der Waals surface area contributed by atoms with Crippen LogP contribution in [0.4, 0.5) is 0 Å². The number of carbonyl (C=O) groups is 1. The van der Waals surface area contributed by atoms with Crippen LogP contribution in [-0.2, 0) is 6.42 Å². The van der Waals surface area contributed by atoms with Gasteiger partial charge in [-0.05, 0) is 31.2 Å². The monoisotopic (exact) mass is 281 g/mol. The van der Waals surface area contributed by atoms with Crippen LogP contribution in [0.3, 0.4) is 0 Å². The van der Waals surface area contributed by atoms with Crippen LogP contribution in [0.15, 0.2) is 5.38 Å². The summed E-state index contributed by atoms with van der Waals surface area (Å²) < 4.78 is 0. The molecular weight excluding hydrogens is 258 g/mol. The topological polar surface area (TPSA) is 68.0 Å². The van der Waals surface area contributed by atoms with E-state index in [0.29, 0.717) is 17.7 Å². The second kappa shape index (κ2) is 6.48. The van der Waals surface area contributed by atoms with Gasteiger partial charge in [0.2, 0.25) is 0 Å². The van der Waals surface area contributed by atoms with Crippen LogP contribution in [0.25, 0.3) is 0 Å². The summed E-state index contributed by atoms with van der Waals surface area (Å²) in [5.74, 6) is -0.0424. The van der Waals surface area contributed by atoms with Crippen LogP contribution >= 0.6 is 11.3 Å². The van der Waals surface area contributed by atoms with Crippen molar-refractivity contribution in [2.45, 2.75) is 45.4 Å². The Morgan fingerprint density at radius 1 is 1.53 bits per heavy atom. The lowest BCUT2D eigenvalue weighted by Gasteiger charge is -2.27. The highest BCUT2D eigenvalue weighted by atomic mass is 32.1. The second-order valence-electron chi connectivity index (χ2n) is 5.41. The van der Waals surface area contributed by atoms with Crippen LogP contribution in [0.1, 0.15) is 54.5 Å². The standard InChI is InChI=1S/C14H23N3OS/c1-2-14(6-3-4-7-14)10-16-13(18)11-9-19-12(17-11)5-8-15/h9H,2-8,10,15H2,1H3,(H,16,18). The molecule has 19 heavy (non-hydrogen) atoms. The van der Waals surface area contributed by atoms with E-state index in [9.17, 15) is 4.79 Å². The molecule has 1 aromatic rings. The van der Waals surface area contributed by atoms with Crippen molar-refractivity contribution in [1.29, 1.82) is 0 Å². The maximum Gasteiger partial charge on any atom is 0.270 e. The lowest BCUT2D eigenvalue weighted by molar-refractivity contribution is 0.0924. The van der Waals surface area contributed by atoms with Crippen molar-refractivity contribution in [3.8, 4) is 0 Å². The molecule has 1 aliphatic carbocycles. The highest BCUT2D eigenvalue weighted by Gasteiger charge is 2.32. The number of hydrogen-bond acceptors (Lipinski definition) is 4. The fourth-order valence-corrected chi connectivity index (χ4v) is 3.59. The minimum Gasteiger partial charge on any atom is -0.350 e. The van der Waals surface area contributed by atoms with Gasteiger partial charge in [0, 0.05) is 18.3 Å². The maximum absolute atomic E-state index is 12.1. The van der Waals surface area contributed by atoms with Gasteiger partial charge in [-0.1, -0.05) is 19.8 Å². The van der Waals surface area contributed by atoms with Gasteiger partial charge in [-0.2, -0.15) is 0 Å². The summed E-state index contributed by atoms with van der Waals surface area (Å²) in [6, 6.07) is 0. The molecule has 106 valence electrons. The van der Waals surface area contributed by atoms with E-state index >= 15 is 0 Å². The molecule has 5 heteroatoms. The number of nitrogens with two attached hydrogens (primary N) is 1. The first-order valence-electron chi connectivity index (χ1n) is 7.12.